The van der Waals surface area contributed by atoms with Gasteiger partial charge in [-0.15, -0.1) is 11.3 Å². The summed E-state index contributed by atoms with van der Waals surface area (Å²) in [4.78, 5) is 40.3. The van der Waals surface area contributed by atoms with Crippen molar-refractivity contribution in [2.24, 2.45) is 5.92 Å². The molecule has 0 aliphatic carbocycles. The van der Waals surface area contributed by atoms with Crippen molar-refractivity contribution in [2.45, 2.75) is 40.2 Å². The summed E-state index contributed by atoms with van der Waals surface area (Å²) in [5.74, 6) is -0.239. The Morgan fingerprint density at radius 2 is 1.96 bits per heavy atom. The molecular formula is C21H24N2O4S. The molecule has 148 valence electrons. The molecule has 0 radical (unpaired) electrons. The van der Waals surface area contributed by atoms with Crippen LogP contribution in [0.25, 0.3) is 10.2 Å². The Hall–Kier alpha value is -2.67. The molecule has 2 aromatic heterocycles. The van der Waals surface area contributed by atoms with Gasteiger partial charge in [-0.1, -0.05) is 37.3 Å². The number of ether oxygens (including phenoxy) is 1. The highest BCUT2D eigenvalue weighted by Crippen LogP contribution is 2.29. The average Bonchev–Trinajstić information content (AvgIpc) is 3.02. The molecule has 1 N–H and O–H groups in total. The lowest BCUT2D eigenvalue weighted by Crippen LogP contribution is -2.31. The second kappa shape index (κ2) is 8.56. The van der Waals surface area contributed by atoms with Crippen LogP contribution in [0.1, 0.15) is 41.1 Å². The van der Waals surface area contributed by atoms with Gasteiger partial charge in [0.2, 0.25) is 0 Å². The van der Waals surface area contributed by atoms with Gasteiger partial charge in [-0.25, -0.2) is 9.59 Å². The van der Waals surface area contributed by atoms with Crippen molar-refractivity contribution in [1.29, 1.82) is 0 Å². The van der Waals surface area contributed by atoms with E-state index < -0.39 is 17.2 Å². The highest BCUT2D eigenvalue weighted by atomic mass is 32.1. The van der Waals surface area contributed by atoms with Crippen molar-refractivity contribution >= 4 is 27.5 Å². The topological polar surface area (TPSA) is 81.2 Å². The van der Waals surface area contributed by atoms with Crippen molar-refractivity contribution in [1.82, 2.24) is 9.55 Å². The molecule has 1 atom stereocenters. The number of rotatable bonds is 7. The molecule has 28 heavy (non-hydrogen) atoms. The molecule has 7 heteroatoms. The first-order valence-electron chi connectivity index (χ1n) is 9.39. The molecule has 0 saturated carbocycles. The SMILES string of the molecule is CCOC(=O)c1sc2c(c1C)c(=O)[nH]c(=O)n2CC(C)CCc1ccccc1. The van der Waals surface area contributed by atoms with Crippen LogP contribution in [0, 0.1) is 12.8 Å². The van der Waals surface area contributed by atoms with Gasteiger partial charge in [-0.3, -0.25) is 14.3 Å². The standard InChI is InChI=1S/C21H24N2O4S/c1-4-27-20(25)17-14(3)16-18(24)22-21(26)23(19(16)28-17)12-13(2)10-11-15-8-6-5-7-9-15/h5-9,13H,4,10-12H2,1-3H3,(H,22,24,26). The van der Waals surface area contributed by atoms with Gasteiger partial charge in [0.15, 0.2) is 0 Å². The number of aromatic nitrogens is 2. The summed E-state index contributed by atoms with van der Waals surface area (Å²) < 4.78 is 6.66. The number of hydrogen-bond donors (Lipinski definition) is 1. The molecule has 0 aliphatic rings. The zero-order valence-corrected chi connectivity index (χ0v) is 17.1. The van der Waals surface area contributed by atoms with Crippen molar-refractivity contribution in [3.8, 4) is 0 Å². The number of nitrogens with zero attached hydrogens (tertiary/aromatic N) is 1. The zero-order chi connectivity index (χ0) is 20.3. The normalized spacial score (nSPS) is 12.2. The molecule has 3 rings (SSSR count). The van der Waals surface area contributed by atoms with Gasteiger partial charge >= 0.3 is 11.7 Å². The van der Waals surface area contributed by atoms with Crippen LogP contribution < -0.4 is 11.2 Å². The second-order valence-electron chi connectivity index (χ2n) is 6.96. The van der Waals surface area contributed by atoms with Crippen molar-refractivity contribution in [3.05, 3.63) is 67.2 Å². The lowest BCUT2D eigenvalue weighted by molar-refractivity contribution is 0.0531. The fourth-order valence-electron chi connectivity index (χ4n) is 3.29. The van der Waals surface area contributed by atoms with Gasteiger partial charge in [-0.2, -0.15) is 0 Å². The molecule has 0 spiro atoms. The van der Waals surface area contributed by atoms with Gasteiger partial charge < -0.3 is 4.74 Å². The molecule has 0 amide bonds. The van der Waals surface area contributed by atoms with E-state index in [4.69, 9.17) is 4.74 Å². The van der Waals surface area contributed by atoms with E-state index in [1.54, 1.807) is 18.4 Å². The molecule has 0 fully saturated rings. The van der Waals surface area contributed by atoms with Gasteiger partial charge in [0.1, 0.15) is 9.71 Å². The van der Waals surface area contributed by atoms with E-state index in [0.29, 0.717) is 27.2 Å². The third-order valence-electron chi connectivity index (χ3n) is 4.79. The van der Waals surface area contributed by atoms with Gasteiger partial charge in [0.25, 0.3) is 5.56 Å². The van der Waals surface area contributed by atoms with Gasteiger partial charge in [-0.05, 0) is 43.7 Å². The Balaban J connectivity index is 1.92. The van der Waals surface area contributed by atoms with Crippen LogP contribution in [0.15, 0.2) is 39.9 Å². The van der Waals surface area contributed by atoms with E-state index in [-0.39, 0.29) is 12.5 Å². The minimum atomic E-state index is -0.461. The molecule has 2 heterocycles. The predicted molar refractivity (Wildman–Crippen MR) is 111 cm³/mol. The largest absolute Gasteiger partial charge is 0.462 e. The first-order valence-corrected chi connectivity index (χ1v) is 10.2. The van der Waals surface area contributed by atoms with Crippen LogP contribution >= 0.6 is 11.3 Å². The predicted octanol–water partition coefficient (Wildman–Crippen LogP) is 3.51. The third-order valence-corrected chi connectivity index (χ3v) is 6.08. The zero-order valence-electron chi connectivity index (χ0n) is 16.3. The first kappa shape index (κ1) is 20.1. The Labute approximate surface area is 166 Å². The minimum absolute atomic E-state index is 0.223. The Morgan fingerprint density at radius 3 is 2.64 bits per heavy atom. The maximum Gasteiger partial charge on any atom is 0.348 e. The molecule has 1 unspecified atom stereocenters. The number of esters is 1. The number of benzene rings is 1. The van der Waals surface area contributed by atoms with E-state index in [1.807, 2.05) is 18.2 Å². The second-order valence-corrected chi connectivity index (χ2v) is 7.96. The Morgan fingerprint density at radius 1 is 1.25 bits per heavy atom. The number of thiophene rings is 1. The molecule has 0 saturated heterocycles. The van der Waals surface area contributed by atoms with Crippen molar-refractivity contribution in [3.63, 3.8) is 0 Å². The van der Waals surface area contributed by atoms with Crippen LogP contribution in [-0.4, -0.2) is 22.1 Å². The summed E-state index contributed by atoms with van der Waals surface area (Å²) in [5.41, 5.74) is 0.911. The molecule has 0 aliphatic heterocycles. The summed E-state index contributed by atoms with van der Waals surface area (Å²) in [7, 11) is 0. The minimum Gasteiger partial charge on any atom is -0.462 e. The summed E-state index contributed by atoms with van der Waals surface area (Å²) in [5, 5.41) is 0.392. The summed E-state index contributed by atoms with van der Waals surface area (Å²) in [6.45, 7) is 6.26. The van der Waals surface area contributed by atoms with Crippen LogP contribution in [-0.2, 0) is 17.7 Å². The van der Waals surface area contributed by atoms with Crippen LogP contribution in [0.3, 0.4) is 0 Å². The van der Waals surface area contributed by atoms with Crippen LogP contribution in [0.4, 0.5) is 0 Å². The molecular weight excluding hydrogens is 376 g/mol. The lowest BCUT2D eigenvalue weighted by atomic mass is 10.0. The molecule has 6 nitrogen and oxygen atoms in total. The fraction of sp³-hybridized carbons (Fsp3) is 0.381. The Bertz CT molecular complexity index is 1100. The van der Waals surface area contributed by atoms with Crippen LogP contribution in [0.5, 0.6) is 0 Å². The highest BCUT2D eigenvalue weighted by Gasteiger charge is 2.22. The Kier molecular flexibility index (Phi) is 6.14. The number of H-pyrrole nitrogens is 1. The van der Waals surface area contributed by atoms with E-state index in [2.05, 4.69) is 24.0 Å². The van der Waals surface area contributed by atoms with E-state index in [9.17, 15) is 14.4 Å². The van der Waals surface area contributed by atoms with Crippen molar-refractivity contribution < 1.29 is 9.53 Å². The molecule has 1 aromatic carbocycles. The maximum absolute atomic E-state index is 12.5. The first-order chi connectivity index (χ1) is 13.4. The highest BCUT2D eigenvalue weighted by molar-refractivity contribution is 7.20. The number of aryl methyl sites for hydroxylation is 2. The number of carbonyl (C=O) groups is 1. The average molecular weight is 401 g/mol. The maximum atomic E-state index is 12.5. The van der Waals surface area contributed by atoms with E-state index in [0.717, 1.165) is 24.2 Å². The smallest absolute Gasteiger partial charge is 0.348 e. The van der Waals surface area contributed by atoms with Crippen molar-refractivity contribution in [2.75, 3.05) is 6.61 Å². The number of nitrogens with one attached hydrogen (secondary N) is 1. The quantitative estimate of drug-likeness (QED) is 0.616. The monoisotopic (exact) mass is 400 g/mol. The molecule has 0 bridgehead atoms. The summed E-state index contributed by atoms with van der Waals surface area (Å²) in [6, 6.07) is 10.2. The number of hydrogen-bond acceptors (Lipinski definition) is 5. The number of fused-ring (bicyclic) bond motifs is 1. The summed E-state index contributed by atoms with van der Waals surface area (Å²) >= 11 is 1.15. The summed E-state index contributed by atoms with van der Waals surface area (Å²) in [6.07, 6.45) is 1.83. The molecule has 3 aromatic rings. The number of carbonyl (C=O) groups excluding carboxylic acids is 1. The fourth-order valence-corrected chi connectivity index (χ4v) is 4.50. The van der Waals surface area contributed by atoms with Crippen LogP contribution in [0.2, 0.25) is 0 Å². The van der Waals surface area contributed by atoms with Gasteiger partial charge in [0, 0.05) is 6.54 Å². The van der Waals surface area contributed by atoms with E-state index >= 15 is 0 Å². The lowest BCUT2D eigenvalue weighted by Gasteiger charge is -2.14. The third kappa shape index (κ3) is 4.09. The van der Waals surface area contributed by atoms with Gasteiger partial charge in [0.05, 0.1) is 12.0 Å². The number of aromatic amines is 1. The van der Waals surface area contributed by atoms with E-state index in [1.165, 1.54) is 5.56 Å².